The van der Waals surface area contributed by atoms with Gasteiger partial charge in [0.05, 0.1) is 12.3 Å². The second-order valence-corrected chi connectivity index (χ2v) is 6.12. The van der Waals surface area contributed by atoms with Gasteiger partial charge in [0.2, 0.25) is 0 Å². The largest absolute Gasteiger partial charge is 0.381 e. The molecule has 3 rings (SSSR count). The fraction of sp³-hybridized carbons (Fsp3) is 0.273. The minimum absolute atomic E-state index is 0.767. The van der Waals surface area contributed by atoms with Gasteiger partial charge in [-0.2, -0.15) is 0 Å². The monoisotopic (exact) mass is 319 g/mol. The number of aryl methyl sites for hydroxylation is 1. The Kier molecular flexibility index (Phi) is 5.17. The van der Waals surface area contributed by atoms with Gasteiger partial charge in [-0.1, -0.05) is 48.0 Å². The van der Waals surface area contributed by atoms with Crippen LogP contribution < -0.4 is 0 Å². The molecule has 0 saturated heterocycles. The molecule has 0 aliphatic carbocycles. The molecule has 0 atom stereocenters. The number of hydrogen-bond donors (Lipinski definition) is 0. The van der Waals surface area contributed by atoms with Crippen LogP contribution in [-0.2, 0) is 11.2 Å². The van der Waals surface area contributed by atoms with E-state index in [1.165, 1.54) is 33.8 Å². The van der Waals surface area contributed by atoms with E-state index in [2.05, 4.69) is 79.1 Å². The first-order chi connectivity index (χ1) is 11.7. The summed E-state index contributed by atoms with van der Waals surface area (Å²) >= 11 is 0. The Hall–Kier alpha value is -2.32. The molecule has 0 unspecified atom stereocenters. The van der Waals surface area contributed by atoms with E-state index < -0.39 is 0 Å². The van der Waals surface area contributed by atoms with E-state index in [0.29, 0.717) is 0 Å². The molecule has 2 nitrogen and oxygen atoms in total. The molecular formula is C22H25NO. The van der Waals surface area contributed by atoms with Gasteiger partial charge in [-0.25, -0.2) is 0 Å². The highest BCUT2D eigenvalue weighted by Gasteiger charge is 2.14. The second kappa shape index (κ2) is 7.50. The van der Waals surface area contributed by atoms with Crippen LogP contribution in [0.3, 0.4) is 0 Å². The van der Waals surface area contributed by atoms with Crippen molar-refractivity contribution >= 4 is 0 Å². The molecule has 0 N–H and O–H groups in total. The van der Waals surface area contributed by atoms with Gasteiger partial charge in [-0.05, 0) is 56.5 Å². The van der Waals surface area contributed by atoms with Crippen molar-refractivity contribution < 1.29 is 4.74 Å². The Morgan fingerprint density at radius 1 is 0.917 bits per heavy atom. The molecule has 0 saturated carbocycles. The van der Waals surface area contributed by atoms with E-state index in [1.54, 1.807) is 0 Å². The van der Waals surface area contributed by atoms with Gasteiger partial charge in [0.25, 0.3) is 0 Å². The van der Waals surface area contributed by atoms with Crippen LogP contribution in [0.1, 0.15) is 23.7 Å². The summed E-state index contributed by atoms with van der Waals surface area (Å²) in [5.41, 5.74) is 7.61. The van der Waals surface area contributed by atoms with Crippen molar-refractivity contribution in [2.75, 3.05) is 13.2 Å². The lowest BCUT2D eigenvalue weighted by molar-refractivity contribution is 0.151. The predicted octanol–water partition coefficient (Wildman–Crippen LogP) is 5.34. The minimum atomic E-state index is 0.767. The highest BCUT2D eigenvalue weighted by atomic mass is 16.5. The number of rotatable bonds is 6. The van der Waals surface area contributed by atoms with E-state index in [1.807, 2.05) is 6.92 Å². The van der Waals surface area contributed by atoms with Crippen LogP contribution >= 0.6 is 0 Å². The zero-order valence-corrected chi connectivity index (χ0v) is 14.8. The van der Waals surface area contributed by atoms with Crippen LogP contribution in [0.25, 0.3) is 16.9 Å². The van der Waals surface area contributed by atoms with Crippen LogP contribution in [0.5, 0.6) is 0 Å². The number of para-hydroxylation sites is 1. The van der Waals surface area contributed by atoms with Crippen molar-refractivity contribution in [2.24, 2.45) is 0 Å². The average Bonchev–Trinajstić information content (AvgIpc) is 2.93. The lowest BCUT2D eigenvalue weighted by atomic mass is 10.1. The van der Waals surface area contributed by atoms with Crippen LogP contribution in [-0.4, -0.2) is 17.8 Å². The molecule has 0 aliphatic heterocycles. The Bertz CT molecular complexity index is 785. The first-order valence-electron chi connectivity index (χ1n) is 8.62. The smallest absolute Gasteiger partial charge is 0.0534 e. The summed E-state index contributed by atoms with van der Waals surface area (Å²) in [5.74, 6) is 0. The zero-order valence-electron chi connectivity index (χ0n) is 14.8. The van der Waals surface area contributed by atoms with Crippen molar-refractivity contribution in [3.8, 4) is 16.9 Å². The van der Waals surface area contributed by atoms with Gasteiger partial charge in [0.1, 0.15) is 0 Å². The quantitative estimate of drug-likeness (QED) is 0.559. The Morgan fingerprint density at radius 3 is 2.29 bits per heavy atom. The van der Waals surface area contributed by atoms with Gasteiger partial charge < -0.3 is 9.30 Å². The van der Waals surface area contributed by atoms with Crippen LogP contribution in [0, 0.1) is 13.8 Å². The van der Waals surface area contributed by atoms with E-state index in [4.69, 9.17) is 4.74 Å². The molecule has 124 valence electrons. The van der Waals surface area contributed by atoms with E-state index in [0.717, 1.165) is 19.6 Å². The Morgan fingerprint density at radius 2 is 1.62 bits per heavy atom. The molecule has 0 aliphatic rings. The molecule has 2 aromatic carbocycles. The van der Waals surface area contributed by atoms with Crippen molar-refractivity contribution in [1.82, 2.24) is 4.57 Å². The fourth-order valence-electron chi connectivity index (χ4n) is 3.08. The van der Waals surface area contributed by atoms with Crippen molar-refractivity contribution in [2.45, 2.75) is 27.2 Å². The molecule has 1 heterocycles. The average molecular weight is 319 g/mol. The Balaban J connectivity index is 2.08. The molecule has 0 bridgehead atoms. The topological polar surface area (TPSA) is 14.2 Å². The van der Waals surface area contributed by atoms with Gasteiger partial charge in [0.15, 0.2) is 0 Å². The second-order valence-electron chi connectivity index (χ2n) is 6.12. The first-order valence-corrected chi connectivity index (χ1v) is 8.62. The summed E-state index contributed by atoms with van der Waals surface area (Å²) in [6.45, 7) is 7.90. The number of ether oxygens (including phenoxy) is 1. The third-order valence-electron chi connectivity index (χ3n) is 4.43. The molecule has 0 fully saturated rings. The third-order valence-corrected chi connectivity index (χ3v) is 4.43. The fourth-order valence-corrected chi connectivity index (χ4v) is 3.08. The standard InChI is InChI=1S/C22H25NO/c1-4-24-15-14-20-16-22(19-12-10-17(2)11-13-19)23(18(20)3)21-8-6-5-7-9-21/h5-13,16H,4,14-15H2,1-3H3. The molecular weight excluding hydrogens is 294 g/mol. The molecule has 0 radical (unpaired) electrons. The molecule has 3 aromatic rings. The SMILES string of the molecule is CCOCCc1cc(-c2ccc(C)cc2)n(-c2ccccc2)c1C. The Labute approximate surface area is 144 Å². The highest BCUT2D eigenvalue weighted by Crippen LogP contribution is 2.30. The molecule has 2 heteroatoms. The van der Waals surface area contributed by atoms with E-state index >= 15 is 0 Å². The minimum Gasteiger partial charge on any atom is -0.381 e. The molecule has 0 spiro atoms. The van der Waals surface area contributed by atoms with Gasteiger partial charge in [-0.15, -0.1) is 0 Å². The maximum Gasteiger partial charge on any atom is 0.0534 e. The summed E-state index contributed by atoms with van der Waals surface area (Å²) in [6, 6.07) is 21.6. The number of aromatic nitrogens is 1. The normalized spacial score (nSPS) is 11.0. The number of benzene rings is 2. The summed E-state index contributed by atoms with van der Waals surface area (Å²) in [7, 11) is 0. The first kappa shape index (κ1) is 16.5. The summed E-state index contributed by atoms with van der Waals surface area (Å²) in [6.07, 6.45) is 0.943. The van der Waals surface area contributed by atoms with E-state index in [-0.39, 0.29) is 0 Å². The lowest BCUT2D eigenvalue weighted by Crippen LogP contribution is -2.02. The summed E-state index contributed by atoms with van der Waals surface area (Å²) in [4.78, 5) is 0. The maximum absolute atomic E-state index is 5.56. The van der Waals surface area contributed by atoms with Crippen molar-refractivity contribution in [3.05, 3.63) is 77.5 Å². The van der Waals surface area contributed by atoms with Crippen LogP contribution in [0.15, 0.2) is 60.7 Å². The highest BCUT2D eigenvalue weighted by molar-refractivity contribution is 5.66. The summed E-state index contributed by atoms with van der Waals surface area (Å²) in [5, 5.41) is 0. The summed E-state index contributed by atoms with van der Waals surface area (Å²) < 4.78 is 7.91. The van der Waals surface area contributed by atoms with Crippen LogP contribution in [0.2, 0.25) is 0 Å². The van der Waals surface area contributed by atoms with Gasteiger partial charge in [-0.3, -0.25) is 0 Å². The van der Waals surface area contributed by atoms with Crippen molar-refractivity contribution in [1.29, 1.82) is 0 Å². The molecule has 0 amide bonds. The zero-order chi connectivity index (χ0) is 16.9. The van der Waals surface area contributed by atoms with Gasteiger partial charge >= 0.3 is 0 Å². The van der Waals surface area contributed by atoms with Crippen molar-refractivity contribution in [3.63, 3.8) is 0 Å². The lowest BCUT2D eigenvalue weighted by Gasteiger charge is -2.12. The molecule has 24 heavy (non-hydrogen) atoms. The third kappa shape index (κ3) is 3.44. The van der Waals surface area contributed by atoms with Crippen LogP contribution in [0.4, 0.5) is 0 Å². The number of hydrogen-bond acceptors (Lipinski definition) is 1. The van der Waals surface area contributed by atoms with E-state index in [9.17, 15) is 0 Å². The molecule has 1 aromatic heterocycles. The maximum atomic E-state index is 5.56. The van der Waals surface area contributed by atoms with Gasteiger partial charge in [0, 0.05) is 18.0 Å². The predicted molar refractivity (Wildman–Crippen MR) is 101 cm³/mol. The number of nitrogens with zero attached hydrogens (tertiary/aromatic N) is 1.